The minimum Gasteiger partial charge on any atom is -0.462 e. The molecule has 1 atom stereocenters. The molecule has 1 amide bonds. The van der Waals surface area contributed by atoms with Crippen molar-refractivity contribution in [3.63, 3.8) is 0 Å². The van der Waals surface area contributed by atoms with E-state index in [2.05, 4.69) is 26.1 Å². The predicted molar refractivity (Wildman–Crippen MR) is 130 cm³/mol. The molecule has 2 aromatic heterocycles. The summed E-state index contributed by atoms with van der Waals surface area (Å²) in [6.45, 7) is 8.77. The minimum absolute atomic E-state index is 0.0973. The number of hydrogen-bond donors (Lipinski definition) is 1. The topological polar surface area (TPSA) is 85.6 Å². The van der Waals surface area contributed by atoms with E-state index in [1.165, 1.54) is 17.4 Å². The highest BCUT2D eigenvalue weighted by Crippen LogP contribution is 2.45. The molecule has 0 unspecified atom stereocenters. The summed E-state index contributed by atoms with van der Waals surface area (Å²) in [6.07, 6.45) is 3.69. The van der Waals surface area contributed by atoms with Crippen LogP contribution in [0.4, 0.5) is 5.00 Å². The molecule has 1 aliphatic carbocycles. The van der Waals surface area contributed by atoms with Gasteiger partial charge >= 0.3 is 11.6 Å². The Hall–Kier alpha value is -2.93. The summed E-state index contributed by atoms with van der Waals surface area (Å²) in [5.74, 6) is -0.534. The SMILES string of the molecule is CCOC(=O)c1c(NC(=O)c2cc3ccccc3oc2=O)sc2c1CC[C@H](C(C)(C)CC)C2. The average Bonchev–Trinajstić information content (AvgIpc) is 3.15. The van der Waals surface area contributed by atoms with Crippen LogP contribution in [-0.4, -0.2) is 18.5 Å². The van der Waals surface area contributed by atoms with Gasteiger partial charge in [0.25, 0.3) is 5.91 Å². The zero-order valence-corrected chi connectivity index (χ0v) is 20.3. The van der Waals surface area contributed by atoms with Gasteiger partial charge in [-0.3, -0.25) is 4.79 Å². The van der Waals surface area contributed by atoms with Crippen LogP contribution in [-0.2, 0) is 17.6 Å². The van der Waals surface area contributed by atoms with Crippen LogP contribution >= 0.6 is 11.3 Å². The van der Waals surface area contributed by atoms with E-state index in [4.69, 9.17) is 9.15 Å². The van der Waals surface area contributed by atoms with E-state index in [1.54, 1.807) is 25.1 Å². The molecule has 2 heterocycles. The van der Waals surface area contributed by atoms with Crippen molar-refractivity contribution in [2.24, 2.45) is 11.3 Å². The Labute approximate surface area is 197 Å². The lowest BCUT2D eigenvalue weighted by Crippen LogP contribution is -2.28. The van der Waals surface area contributed by atoms with Crippen molar-refractivity contribution in [3.8, 4) is 0 Å². The van der Waals surface area contributed by atoms with Crippen molar-refractivity contribution in [2.75, 3.05) is 11.9 Å². The quantitative estimate of drug-likeness (QED) is 0.364. The zero-order chi connectivity index (χ0) is 23.8. The molecule has 0 bridgehead atoms. The Morgan fingerprint density at radius 2 is 2.00 bits per heavy atom. The zero-order valence-electron chi connectivity index (χ0n) is 19.4. The Morgan fingerprint density at radius 3 is 2.73 bits per heavy atom. The van der Waals surface area contributed by atoms with Crippen LogP contribution in [0.3, 0.4) is 0 Å². The first-order valence-corrected chi connectivity index (χ1v) is 12.2. The Morgan fingerprint density at radius 1 is 1.24 bits per heavy atom. The monoisotopic (exact) mass is 467 g/mol. The number of esters is 1. The summed E-state index contributed by atoms with van der Waals surface area (Å²) in [7, 11) is 0. The van der Waals surface area contributed by atoms with Gasteiger partial charge in [-0.05, 0) is 55.2 Å². The lowest BCUT2D eigenvalue weighted by molar-refractivity contribution is 0.0526. The van der Waals surface area contributed by atoms with Crippen LogP contribution < -0.4 is 10.9 Å². The van der Waals surface area contributed by atoms with E-state index in [0.29, 0.717) is 27.5 Å². The van der Waals surface area contributed by atoms with Crippen LogP contribution in [0, 0.1) is 11.3 Å². The van der Waals surface area contributed by atoms with Gasteiger partial charge in [0.15, 0.2) is 0 Å². The smallest absolute Gasteiger partial charge is 0.349 e. The van der Waals surface area contributed by atoms with Crippen molar-refractivity contribution in [1.29, 1.82) is 0 Å². The summed E-state index contributed by atoms with van der Waals surface area (Å²) < 4.78 is 10.6. The molecule has 0 saturated carbocycles. The number of para-hydroxylation sites is 1. The molecule has 3 aromatic rings. The molecule has 0 fully saturated rings. The van der Waals surface area contributed by atoms with Crippen molar-refractivity contribution in [2.45, 2.75) is 53.4 Å². The van der Waals surface area contributed by atoms with Crippen LogP contribution in [0.2, 0.25) is 0 Å². The van der Waals surface area contributed by atoms with Gasteiger partial charge in [0, 0.05) is 10.3 Å². The molecule has 0 spiro atoms. The number of carbonyl (C=O) groups is 2. The second-order valence-corrected chi connectivity index (χ2v) is 10.3. The van der Waals surface area contributed by atoms with Crippen LogP contribution in [0.5, 0.6) is 0 Å². The maximum Gasteiger partial charge on any atom is 0.349 e. The van der Waals surface area contributed by atoms with Crippen molar-refractivity contribution < 1.29 is 18.7 Å². The number of nitrogens with one attached hydrogen (secondary N) is 1. The van der Waals surface area contributed by atoms with Crippen molar-refractivity contribution in [1.82, 2.24) is 0 Å². The van der Waals surface area contributed by atoms with Gasteiger partial charge in [-0.15, -0.1) is 11.3 Å². The fourth-order valence-corrected chi connectivity index (χ4v) is 5.75. The number of ether oxygens (including phenoxy) is 1. The summed E-state index contributed by atoms with van der Waals surface area (Å²) >= 11 is 1.41. The second kappa shape index (κ2) is 9.14. The standard InChI is InChI=1S/C26H29NO5S/c1-5-26(3,4)16-11-12-17-20(14-16)33-23(21(17)25(30)31-6-2)27-22(28)18-13-15-9-7-8-10-19(15)32-24(18)29/h7-10,13,16H,5-6,11-12,14H2,1-4H3,(H,27,28)/t16-/m0/s1. The lowest BCUT2D eigenvalue weighted by Gasteiger charge is -2.36. The van der Waals surface area contributed by atoms with Gasteiger partial charge in [-0.1, -0.05) is 45.4 Å². The molecular weight excluding hydrogens is 438 g/mol. The lowest BCUT2D eigenvalue weighted by atomic mass is 9.69. The average molecular weight is 468 g/mol. The molecule has 1 aromatic carbocycles. The van der Waals surface area contributed by atoms with E-state index in [1.807, 2.05) is 6.07 Å². The number of rotatable bonds is 6. The highest BCUT2D eigenvalue weighted by atomic mass is 32.1. The number of fused-ring (bicyclic) bond motifs is 2. The molecule has 33 heavy (non-hydrogen) atoms. The molecule has 0 aliphatic heterocycles. The molecule has 174 valence electrons. The summed E-state index contributed by atoms with van der Waals surface area (Å²) in [5, 5.41) is 3.91. The number of benzene rings is 1. The van der Waals surface area contributed by atoms with E-state index < -0.39 is 17.5 Å². The van der Waals surface area contributed by atoms with Crippen LogP contribution in [0.1, 0.15) is 71.7 Å². The van der Waals surface area contributed by atoms with Gasteiger partial charge in [0.1, 0.15) is 16.1 Å². The first kappa shape index (κ1) is 23.2. The van der Waals surface area contributed by atoms with E-state index in [9.17, 15) is 14.4 Å². The van der Waals surface area contributed by atoms with Crippen LogP contribution in [0.25, 0.3) is 11.0 Å². The molecule has 0 saturated heterocycles. The highest BCUT2D eigenvalue weighted by Gasteiger charge is 2.36. The third kappa shape index (κ3) is 4.47. The molecule has 1 aliphatic rings. The van der Waals surface area contributed by atoms with E-state index in [-0.39, 0.29) is 17.6 Å². The van der Waals surface area contributed by atoms with Gasteiger partial charge < -0.3 is 14.5 Å². The van der Waals surface area contributed by atoms with Crippen molar-refractivity contribution in [3.05, 3.63) is 62.3 Å². The van der Waals surface area contributed by atoms with Crippen molar-refractivity contribution >= 4 is 39.2 Å². The molecule has 0 radical (unpaired) electrons. The summed E-state index contributed by atoms with van der Waals surface area (Å²) in [5.41, 5.74) is 1.18. The maximum atomic E-state index is 13.1. The van der Waals surface area contributed by atoms with Gasteiger partial charge in [-0.25, -0.2) is 9.59 Å². The molecule has 4 rings (SSSR count). The Balaban J connectivity index is 1.70. The Bertz CT molecular complexity index is 1270. The van der Waals surface area contributed by atoms with Gasteiger partial charge in [0.05, 0.1) is 12.2 Å². The van der Waals surface area contributed by atoms with E-state index >= 15 is 0 Å². The summed E-state index contributed by atoms with van der Waals surface area (Å²) in [4.78, 5) is 39.5. The second-order valence-electron chi connectivity index (χ2n) is 9.15. The van der Waals surface area contributed by atoms with Gasteiger partial charge in [0.2, 0.25) is 0 Å². The largest absolute Gasteiger partial charge is 0.462 e. The molecule has 7 heteroatoms. The third-order valence-corrected chi connectivity index (χ3v) is 8.04. The summed E-state index contributed by atoms with van der Waals surface area (Å²) in [6, 6.07) is 8.55. The molecular formula is C26H29NO5S. The molecule has 6 nitrogen and oxygen atoms in total. The van der Waals surface area contributed by atoms with E-state index in [0.717, 1.165) is 36.1 Å². The number of anilines is 1. The normalized spacial score (nSPS) is 15.8. The number of thiophene rings is 1. The highest BCUT2D eigenvalue weighted by molar-refractivity contribution is 7.17. The fourth-order valence-electron chi connectivity index (χ4n) is 4.44. The first-order valence-electron chi connectivity index (χ1n) is 11.4. The predicted octanol–water partition coefficient (Wildman–Crippen LogP) is 5.82. The third-order valence-electron chi connectivity index (χ3n) is 6.87. The number of hydrogen-bond acceptors (Lipinski definition) is 6. The first-order chi connectivity index (χ1) is 15.7. The van der Waals surface area contributed by atoms with Crippen LogP contribution in [0.15, 0.2) is 39.5 Å². The molecule has 1 N–H and O–H groups in total. The fraction of sp³-hybridized carbons (Fsp3) is 0.423. The maximum absolute atomic E-state index is 13.1. The number of carbonyl (C=O) groups excluding carboxylic acids is 2. The minimum atomic E-state index is -0.713. The number of amides is 1. The van der Waals surface area contributed by atoms with Gasteiger partial charge in [-0.2, -0.15) is 0 Å². The Kier molecular flexibility index (Phi) is 6.43.